The largest absolute Gasteiger partial charge is 0.458 e. The predicted octanol–water partition coefficient (Wildman–Crippen LogP) is 15.1. The van der Waals surface area contributed by atoms with E-state index in [1.165, 1.54) is 31.4 Å². The van der Waals surface area contributed by atoms with Gasteiger partial charge in [0.1, 0.15) is 0 Å². The van der Waals surface area contributed by atoms with Crippen molar-refractivity contribution in [2.45, 2.75) is 13.8 Å². The van der Waals surface area contributed by atoms with Gasteiger partial charge in [-0.1, -0.05) is 194 Å². The Labute approximate surface area is 453 Å². The number of carbonyl (C=O) groups is 2. The minimum atomic E-state index is -0.927. The summed E-state index contributed by atoms with van der Waals surface area (Å²) in [4.78, 5) is 47.8. The number of nitrogens with one attached hydrogen (secondary N) is 2. The average molecular weight is 1030 g/mol. The first-order valence-electron chi connectivity index (χ1n) is 25.6. The standard InChI is InChI=1S/C32H22N2O2.C30H24N2.C6H10O4/c35-31-32(36)34(28-21-17-26(18-22-28)24-11-5-2-6-12-24)30-14-8-7-13-29(30)33(31)27-19-15-25(16-20-27)23-9-3-1-4-10-23;1-3-9-23(10-4-1)25-15-19-27(20-16-25)31-29-13-7-8-14-30(29)32-28-21-17-26(18-22-28)24-11-5-2-6-12-24;1-3-9-5(7)6(8)10-4-2/h1-22H;1-22,31-32H;3-4H2,1-2H3. The fraction of sp³-hybridized carbons (Fsp3) is 0.0588. The third-order valence-corrected chi connectivity index (χ3v) is 12.6. The minimum Gasteiger partial charge on any atom is -0.458 e. The topological polar surface area (TPSA) is 121 Å². The molecule has 1 aromatic heterocycles. The first-order valence-corrected chi connectivity index (χ1v) is 25.6. The molecule has 0 spiro atoms. The highest BCUT2D eigenvalue weighted by Crippen LogP contribution is 2.31. The molecule has 0 radical (unpaired) electrons. The highest BCUT2D eigenvalue weighted by atomic mass is 16.6. The van der Waals surface area contributed by atoms with E-state index < -0.39 is 23.1 Å². The van der Waals surface area contributed by atoms with Crippen LogP contribution < -0.4 is 21.8 Å². The van der Waals surface area contributed by atoms with Crippen LogP contribution >= 0.6 is 0 Å². The number of carbonyl (C=O) groups excluding carboxylic acids is 2. The number of para-hydroxylation sites is 4. The van der Waals surface area contributed by atoms with Gasteiger partial charge in [-0.25, -0.2) is 9.59 Å². The maximum Gasteiger partial charge on any atom is 0.417 e. The molecule has 1 heterocycles. The summed E-state index contributed by atoms with van der Waals surface area (Å²) in [7, 11) is 0. The molecular formula is C68H56N4O6. The number of rotatable bonds is 12. The van der Waals surface area contributed by atoms with Crippen molar-refractivity contribution < 1.29 is 19.1 Å². The lowest BCUT2D eigenvalue weighted by Crippen LogP contribution is -2.40. The number of benzene rings is 10. The molecule has 0 unspecified atom stereocenters. The van der Waals surface area contributed by atoms with Crippen LogP contribution in [0.1, 0.15) is 13.8 Å². The van der Waals surface area contributed by atoms with Crippen LogP contribution in [0.4, 0.5) is 22.7 Å². The van der Waals surface area contributed by atoms with Gasteiger partial charge in [-0.3, -0.25) is 18.7 Å². The molecule has 0 aliphatic heterocycles. The summed E-state index contributed by atoms with van der Waals surface area (Å²) < 4.78 is 11.7. The fourth-order valence-electron chi connectivity index (χ4n) is 8.78. The molecule has 0 fully saturated rings. The van der Waals surface area contributed by atoms with Crippen molar-refractivity contribution in [1.82, 2.24) is 9.13 Å². The van der Waals surface area contributed by atoms with E-state index in [2.05, 4.69) is 129 Å². The van der Waals surface area contributed by atoms with Gasteiger partial charge in [0, 0.05) is 22.7 Å². The molecule has 10 heteroatoms. The summed E-state index contributed by atoms with van der Waals surface area (Å²) in [5.74, 6) is -1.85. The van der Waals surface area contributed by atoms with Gasteiger partial charge in [0.2, 0.25) is 0 Å². The lowest BCUT2D eigenvalue weighted by Gasteiger charge is -2.16. The van der Waals surface area contributed by atoms with E-state index >= 15 is 0 Å². The van der Waals surface area contributed by atoms with E-state index in [4.69, 9.17) is 0 Å². The summed E-state index contributed by atoms with van der Waals surface area (Å²) in [5.41, 5.74) is 14.8. The fourth-order valence-corrected chi connectivity index (χ4v) is 8.78. The van der Waals surface area contributed by atoms with Crippen LogP contribution in [0.3, 0.4) is 0 Å². The Kier molecular flexibility index (Phi) is 17.3. The Morgan fingerprint density at radius 1 is 0.321 bits per heavy atom. The quantitative estimate of drug-likeness (QED) is 0.0917. The van der Waals surface area contributed by atoms with E-state index in [1.807, 2.05) is 158 Å². The molecule has 11 aromatic rings. The maximum atomic E-state index is 13.5. The van der Waals surface area contributed by atoms with Crippen LogP contribution in [0, 0.1) is 0 Å². The number of anilines is 4. The average Bonchev–Trinajstić information content (AvgIpc) is 3.55. The summed E-state index contributed by atoms with van der Waals surface area (Å²) in [6, 6.07) is 89.2. The monoisotopic (exact) mass is 1020 g/mol. The lowest BCUT2D eigenvalue weighted by molar-refractivity contribution is -0.167. The molecule has 0 bridgehead atoms. The second-order valence-electron chi connectivity index (χ2n) is 17.7. The van der Waals surface area contributed by atoms with E-state index in [0.717, 1.165) is 45.0 Å². The Balaban J connectivity index is 0.000000163. The van der Waals surface area contributed by atoms with Crippen molar-refractivity contribution in [1.29, 1.82) is 0 Å². The van der Waals surface area contributed by atoms with Crippen molar-refractivity contribution in [3.63, 3.8) is 0 Å². The van der Waals surface area contributed by atoms with E-state index in [-0.39, 0.29) is 13.2 Å². The van der Waals surface area contributed by atoms with Crippen molar-refractivity contribution in [2.24, 2.45) is 0 Å². The van der Waals surface area contributed by atoms with Crippen molar-refractivity contribution >= 4 is 45.7 Å². The summed E-state index contributed by atoms with van der Waals surface area (Å²) >= 11 is 0. The zero-order valence-corrected chi connectivity index (χ0v) is 43.2. The second-order valence-corrected chi connectivity index (χ2v) is 17.7. The highest BCUT2D eigenvalue weighted by Gasteiger charge is 2.17. The zero-order chi connectivity index (χ0) is 54.1. The number of fused-ring (bicyclic) bond motifs is 1. The molecule has 10 nitrogen and oxygen atoms in total. The van der Waals surface area contributed by atoms with Gasteiger partial charge >= 0.3 is 23.1 Å². The predicted molar refractivity (Wildman–Crippen MR) is 316 cm³/mol. The second kappa shape index (κ2) is 25.8. The number of ether oxygens (including phenoxy) is 2. The van der Waals surface area contributed by atoms with Gasteiger partial charge in [-0.05, 0) is 131 Å². The van der Waals surface area contributed by atoms with E-state index in [9.17, 15) is 19.2 Å². The van der Waals surface area contributed by atoms with Crippen molar-refractivity contribution in [3.8, 4) is 55.9 Å². The number of hydrogen-bond acceptors (Lipinski definition) is 8. The Bertz CT molecular complexity index is 3590. The van der Waals surface area contributed by atoms with Gasteiger partial charge < -0.3 is 20.1 Å². The van der Waals surface area contributed by atoms with Gasteiger partial charge in [0.25, 0.3) is 0 Å². The molecule has 78 heavy (non-hydrogen) atoms. The number of esters is 2. The third kappa shape index (κ3) is 12.9. The number of aromatic nitrogens is 2. The van der Waals surface area contributed by atoms with Gasteiger partial charge in [0.05, 0.1) is 35.6 Å². The van der Waals surface area contributed by atoms with Crippen molar-refractivity contribution in [3.05, 3.63) is 288 Å². The van der Waals surface area contributed by atoms with Crippen LogP contribution in [0.5, 0.6) is 0 Å². The van der Waals surface area contributed by atoms with Crippen LogP contribution in [-0.2, 0) is 19.1 Å². The molecule has 11 rings (SSSR count). The van der Waals surface area contributed by atoms with E-state index in [1.54, 1.807) is 13.8 Å². The highest BCUT2D eigenvalue weighted by molar-refractivity contribution is 6.29. The summed E-state index contributed by atoms with van der Waals surface area (Å²) in [6.07, 6.45) is 0. The number of nitrogens with zero attached hydrogens (tertiary/aromatic N) is 2. The van der Waals surface area contributed by atoms with Gasteiger partial charge in [-0.15, -0.1) is 0 Å². The first kappa shape index (κ1) is 52.5. The van der Waals surface area contributed by atoms with Gasteiger partial charge in [0.15, 0.2) is 0 Å². The summed E-state index contributed by atoms with van der Waals surface area (Å²) in [5, 5.41) is 7.09. The molecule has 2 N–H and O–H groups in total. The molecule has 0 amide bonds. The zero-order valence-electron chi connectivity index (χ0n) is 43.2. The molecule has 0 saturated heterocycles. The lowest BCUT2D eigenvalue weighted by atomic mass is 10.1. The van der Waals surface area contributed by atoms with Crippen molar-refractivity contribution in [2.75, 3.05) is 23.8 Å². The SMILES string of the molecule is CCOC(=O)C(=O)OCC.O=c1c(=O)n(-c2ccc(-c3ccccc3)cc2)c2ccccc2n1-c1ccc(-c2ccccc2)cc1.c1ccc(-c2ccc(Nc3ccccc3Nc3ccc(-c4ccccc4)cc3)cc2)cc1. The van der Waals surface area contributed by atoms with Gasteiger partial charge in [-0.2, -0.15) is 0 Å². The third-order valence-electron chi connectivity index (χ3n) is 12.6. The summed E-state index contributed by atoms with van der Waals surface area (Å²) in [6.45, 7) is 3.63. The Morgan fingerprint density at radius 2 is 0.564 bits per heavy atom. The molecule has 0 aliphatic rings. The van der Waals surface area contributed by atoms with Crippen LogP contribution in [0.15, 0.2) is 277 Å². The maximum absolute atomic E-state index is 13.5. The molecular weight excluding hydrogens is 969 g/mol. The first-order chi connectivity index (χ1) is 38.3. The molecule has 10 aromatic carbocycles. The van der Waals surface area contributed by atoms with Crippen LogP contribution in [0.25, 0.3) is 66.9 Å². The van der Waals surface area contributed by atoms with Crippen LogP contribution in [-0.4, -0.2) is 34.3 Å². The molecule has 384 valence electrons. The smallest absolute Gasteiger partial charge is 0.417 e. The molecule has 0 saturated carbocycles. The molecule has 0 atom stereocenters. The van der Waals surface area contributed by atoms with Crippen LogP contribution in [0.2, 0.25) is 0 Å². The number of hydrogen-bond donors (Lipinski definition) is 2. The normalized spacial score (nSPS) is 10.5. The Hall–Kier alpha value is -10.3. The molecule has 0 aliphatic carbocycles. The minimum absolute atomic E-state index is 0.192. The Morgan fingerprint density at radius 3 is 0.846 bits per heavy atom. The van der Waals surface area contributed by atoms with E-state index in [0.29, 0.717) is 22.4 Å².